The second-order valence-electron chi connectivity index (χ2n) is 5.83. The van der Waals surface area contributed by atoms with Crippen LogP contribution in [0.2, 0.25) is 0 Å². The van der Waals surface area contributed by atoms with Crippen molar-refractivity contribution in [2.45, 2.75) is 59.3 Å². The Hall–Kier alpha value is -1.55. The molecule has 0 aromatic heterocycles. The van der Waals surface area contributed by atoms with Crippen molar-refractivity contribution in [3.63, 3.8) is 0 Å². The molecule has 0 amide bonds. The molecule has 0 aliphatic rings. The van der Waals surface area contributed by atoms with Crippen molar-refractivity contribution in [3.8, 4) is 0 Å². The van der Waals surface area contributed by atoms with Gasteiger partial charge < -0.3 is 15.7 Å². The van der Waals surface area contributed by atoms with Crippen LogP contribution in [-0.2, 0) is 0 Å². The molecule has 23 heavy (non-hydrogen) atoms. The molecule has 0 fully saturated rings. The van der Waals surface area contributed by atoms with E-state index in [1.807, 2.05) is 0 Å². The van der Waals surface area contributed by atoms with E-state index in [0.29, 0.717) is 5.69 Å². The molecule has 132 valence electrons. The fraction of sp³-hybridized carbons (Fsp3) is 0.632. The number of unbranched alkanes of at least 4 members (excludes halogenated alkanes) is 3. The number of carboxylic acids is 1. The summed E-state index contributed by atoms with van der Waals surface area (Å²) in [4.78, 5) is 12.9. The Balaban J connectivity index is 0.000000433. The fourth-order valence-electron chi connectivity index (χ4n) is 2.11. The van der Waals surface area contributed by atoms with E-state index in [1.165, 1.54) is 70.3 Å². The first-order chi connectivity index (χ1) is 11.0. The summed E-state index contributed by atoms with van der Waals surface area (Å²) in [5.41, 5.74) is 6.17. The highest BCUT2D eigenvalue weighted by molar-refractivity contribution is 5.87. The maximum Gasteiger partial charge on any atom is 0.335 e. The van der Waals surface area contributed by atoms with Gasteiger partial charge in [-0.2, -0.15) is 0 Å². The lowest BCUT2D eigenvalue weighted by Crippen LogP contribution is -2.27. The summed E-state index contributed by atoms with van der Waals surface area (Å²) in [6, 6.07) is 6.06. The van der Waals surface area contributed by atoms with E-state index in [4.69, 9.17) is 10.8 Å². The highest BCUT2D eigenvalue weighted by atomic mass is 16.4. The molecule has 0 saturated carbocycles. The van der Waals surface area contributed by atoms with Crippen LogP contribution in [0.5, 0.6) is 0 Å². The molecule has 1 aromatic rings. The second kappa shape index (κ2) is 14.1. The van der Waals surface area contributed by atoms with Gasteiger partial charge in [0.25, 0.3) is 0 Å². The molecule has 4 heteroatoms. The van der Waals surface area contributed by atoms with E-state index in [9.17, 15) is 4.79 Å². The van der Waals surface area contributed by atoms with E-state index in [-0.39, 0.29) is 5.56 Å². The maximum absolute atomic E-state index is 10.3. The molecule has 0 heterocycles. The predicted octanol–water partition coefficient (Wildman–Crippen LogP) is 4.66. The van der Waals surface area contributed by atoms with Crippen molar-refractivity contribution in [2.24, 2.45) is 0 Å². The molecule has 1 rings (SSSR count). The molecule has 0 radical (unpaired) electrons. The van der Waals surface area contributed by atoms with Crippen molar-refractivity contribution in [1.29, 1.82) is 0 Å². The van der Waals surface area contributed by atoms with Gasteiger partial charge in [-0.25, -0.2) is 4.79 Å². The zero-order valence-corrected chi connectivity index (χ0v) is 15.1. The second-order valence-corrected chi connectivity index (χ2v) is 5.83. The maximum atomic E-state index is 10.3. The molecule has 4 nitrogen and oxygen atoms in total. The Morgan fingerprint density at radius 3 is 1.61 bits per heavy atom. The summed E-state index contributed by atoms with van der Waals surface area (Å²) >= 11 is 0. The summed E-state index contributed by atoms with van der Waals surface area (Å²) in [7, 11) is 0. The highest BCUT2D eigenvalue weighted by Crippen LogP contribution is 2.04. The monoisotopic (exact) mass is 322 g/mol. The quantitative estimate of drug-likeness (QED) is 0.615. The van der Waals surface area contributed by atoms with Crippen LogP contribution in [0.15, 0.2) is 24.3 Å². The fourth-order valence-corrected chi connectivity index (χ4v) is 2.11. The normalized spacial score (nSPS) is 10.3. The van der Waals surface area contributed by atoms with Gasteiger partial charge in [-0.15, -0.1) is 0 Å². The van der Waals surface area contributed by atoms with Crippen LogP contribution in [0, 0.1) is 0 Å². The number of hydrogen-bond acceptors (Lipinski definition) is 3. The Bertz CT molecular complexity index is 385. The standard InChI is InChI=1S/C12H27N.C7H7NO2/c1-4-7-10-13(11-8-5-2)12-9-6-3;8-6-3-1-5(2-4-6)7(9)10/h4-12H2,1-3H3;1-4H,8H2,(H,9,10). The molecule has 0 aliphatic heterocycles. The minimum atomic E-state index is -0.931. The SMILES string of the molecule is CCCCN(CCCC)CCCC.Nc1ccc(C(=O)O)cc1. The summed E-state index contributed by atoms with van der Waals surface area (Å²) in [6.07, 6.45) is 8.09. The molecule has 0 spiro atoms. The Morgan fingerprint density at radius 1 is 0.913 bits per heavy atom. The van der Waals surface area contributed by atoms with Crippen molar-refractivity contribution >= 4 is 11.7 Å². The number of carboxylic acid groups (broad SMARTS) is 1. The third-order valence-electron chi connectivity index (χ3n) is 3.64. The molecule has 0 atom stereocenters. The zero-order chi connectivity index (χ0) is 17.5. The third-order valence-corrected chi connectivity index (χ3v) is 3.64. The lowest BCUT2D eigenvalue weighted by atomic mass is 10.2. The number of anilines is 1. The number of nitrogens with two attached hydrogens (primary N) is 1. The number of hydrogen-bond donors (Lipinski definition) is 2. The molecule has 0 bridgehead atoms. The summed E-state index contributed by atoms with van der Waals surface area (Å²) < 4.78 is 0. The lowest BCUT2D eigenvalue weighted by Gasteiger charge is -2.21. The molecule has 0 unspecified atom stereocenters. The van der Waals surface area contributed by atoms with Crippen LogP contribution in [0.25, 0.3) is 0 Å². The largest absolute Gasteiger partial charge is 0.478 e. The lowest BCUT2D eigenvalue weighted by molar-refractivity contribution is 0.0697. The smallest absolute Gasteiger partial charge is 0.335 e. The zero-order valence-electron chi connectivity index (χ0n) is 15.1. The van der Waals surface area contributed by atoms with Gasteiger partial charge in [0.05, 0.1) is 5.56 Å². The number of nitrogens with zero attached hydrogens (tertiary/aromatic N) is 1. The van der Waals surface area contributed by atoms with E-state index < -0.39 is 5.97 Å². The van der Waals surface area contributed by atoms with Gasteiger partial charge in [-0.05, 0) is 63.2 Å². The molecular formula is C19H34N2O2. The van der Waals surface area contributed by atoms with E-state index in [2.05, 4.69) is 25.7 Å². The van der Waals surface area contributed by atoms with Gasteiger partial charge in [0, 0.05) is 5.69 Å². The number of benzene rings is 1. The van der Waals surface area contributed by atoms with Gasteiger partial charge in [0.1, 0.15) is 0 Å². The Kier molecular flexibility index (Phi) is 13.1. The molecule has 1 aromatic carbocycles. The first-order valence-corrected chi connectivity index (χ1v) is 8.86. The average Bonchev–Trinajstić information content (AvgIpc) is 2.55. The third kappa shape index (κ3) is 11.6. The van der Waals surface area contributed by atoms with Crippen molar-refractivity contribution in [3.05, 3.63) is 29.8 Å². The molecule has 3 N–H and O–H groups in total. The number of carbonyl (C=O) groups is 1. The van der Waals surface area contributed by atoms with Crippen molar-refractivity contribution in [1.82, 2.24) is 4.90 Å². The number of nitrogen functional groups attached to an aromatic ring is 1. The molecule has 0 aliphatic carbocycles. The van der Waals surface area contributed by atoms with Gasteiger partial charge in [0.15, 0.2) is 0 Å². The van der Waals surface area contributed by atoms with E-state index in [0.717, 1.165) is 0 Å². The number of rotatable bonds is 10. The first kappa shape index (κ1) is 21.4. The van der Waals surface area contributed by atoms with Crippen molar-refractivity contribution < 1.29 is 9.90 Å². The van der Waals surface area contributed by atoms with Gasteiger partial charge >= 0.3 is 5.97 Å². The van der Waals surface area contributed by atoms with Crippen LogP contribution < -0.4 is 5.73 Å². The Labute approximate surface area is 141 Å². The van der Waals surface area contributed by atoms with Crippen molar-refractivity contribution in [2.75, 3.05) is 25.4 Å². The summed E-state index contributed by atoms with van der Waals surface area (Å²) in [5.74, 6) is -0.931. The van der Waals surface area contributed by atoms with E-state index in [1.54, 1.807) is 12.1 Å². The summed E-state index contributed by atoms with van der Waals surface area (Å²) in [5, 5.41) is 8.43. The van der Waals surface area contributed by atoms with Crippen LogP contribution in [-0.4, -0.2) is 35.6 Å². The van der Waals surface area contributed by atoms with Crippen LogP contribution in [0.3, 0.4) is 0 Å². The van der Waals surface area contributed by atoms with Crippen LogP contribution in [0.1, 0.15) is 69.7 Å². The highest BCUT2D eigenvalue weighted by Gasteiger charge is 2.02. The number of aromatic carboxylic acids is 1. The molecule has 0 saturated heterocycles. The average molecular weight is 322 g/mol. The van der Waals surface area contributed by atoms with Gasteiger partial charge in [0.2, 0.25) is 0 Å². The Morgan fingerprint density at radius 2 is 1.30 bits per heavy atom. The minimum Gasteiger partial charge on any atom is -0.478 e. The first-order valence-electron chi connectivity index (χ1n) is 8.86. The summed E-state index contributed by atoms with van der Waals surface area (Å²) in [6.45, 7) is 10.8. The van der Waals surface area contributed by atoms with E-state index >= 15 is 0 Å². The van der Waals surface area contributed by atoms with Crippen LogP contribution in [0.4, 0.5) is 5.69 Å². The molecular weight excluding hydrogens is 288 g/mol. The minimum absolute atomic E-state index is 0.259. The van der Waals surface area contributed by atoms with Gasteiger partial charge in [-0.3, -0.25) is 0 Å². The topological polar surface area (TPSA) is 66.6 Å². The van der Waals surface area contributed by atoms with Crippen LogP contribution >= 0.6 is 0 Å². The van der Waals surface area contributed by atoms with Gasteiger partial charge in [-0.1, -0.05) is 40.0 Å². The predicted molar refractivity (Wildman–Crippen MR) is 99.0 cm³/mol.